The summed E-state index contributed by atoms with van der Waals surface area (Å²) < 4.78 is 4.98. The van der Waals surface area contributed by atoms with Crippen molar-refractivity contribution in [1.29, 1.82) is 0 Å². The maximum absolute atomic E-state index is 11.1. The number of esters is 1. The Morgan fingerprint density at radius 2 is 2.40 bits per heavy atom. The predicted octanol–water partition coefficient (Wildman–Crippen LogP) is 2.26. The summed E-state index contributed by atoms with van der Waals surface area (Å²) in [4.78, 5) is 15.0. The lowest BCUT2D eigenvalue weighted by atomic mass is 10.3. The minimum atomic E-state index is -0.350. The molecule has 3 nitrogen and oxygen atoms in total. The van der Waals surface area contributed by atoms with Gasteiger partial charge in [-0.2, -0.15) is 0 Å². The highest BCUT2D eigenvalue weighted by molar-refractivity contribution is 5.82. The molecule has 1 aromatic rings. The highest BCUT2D eigenvalue weighted by Gasteiger charge is 1.97. The van der Waals surface area contributed by atoms with Gasteiger partial charge in [-0.15, -0.1) is 0 Å². The summed E-state index contributed by atoms with van der Waals surface area (Å²) in [6, 6.07) is 3.66. The normalized spacial score (nSPS) is 11.0. The maximum Gasteiger partial charge on any atom is 0.331 e. The van der Waals surface area contributed by atoms with E-state index in [2.05, 4.69) is 4.98 Å². The van der Waals surface area contributed by atoms with Crippen LogP contribution in [0.25, 0.3) is 0 Å². The zero-order valence-corrected chi connectivity index (χ0v) is 8.59. The summed E-state index contributed by atoms with van der Waals surface area (Å²) in [5.74, 6) is -0.350. The third kappa shape index (κ3) is 4.76. The Morgan fingerprint density at radius 3 is 3.07 bits per heavy atom. The molecule has 15 heavy (non-hydrogen) atoms. The van der Waals surface area contributed by atoms with Crippen LogP contribution in [0.5, 0.6) is 0 Å². The lowest BCUT2D eigenvalue weighted by Crippen LogP contribution is -2.00. The van der Waals surface area contributed by atoms with Gasteiger partial charge in [0.25, 0.3) is 0 Å². The number of rotatable bonds is 4. The van der Waals surface area contributed by atoms with Gasteiger partial charge in [-0.05, 0) is 13.0 Å². The first kappa shape index (κ1) is 11.2. The summed E-state index contributed by atoms with van der Waals surface area (Å²) in [5, 5.41) is 0. The Bertz CT molecular complexity index is 355. The van der Waals surface area contributed by atoms with E-state index >= 15 is 0 Å². The van der Waals surface area contributed by atoms with Crippen LogP contribution in [0.2, 0.25) is 0 Å². The fourth-order valence-corrected chi connectivity index (χ4v) is 0.931. The molecule has 0 aliphatic rings. The third-order valence-electron chi connectivity index (χ3n) is 1.64. The van der Waals surface area contributed by atoms with E-state index in [4.69, 9.17) is 4.74 Å². The van der Waals surface area contributed by atoms with Crippen LogP contribution in [0.3, 0.4) is 0 Å². The van der Waals surface area contributed by atoms with Crippen LogP contribution in [-0.4, -0.2) is 11.0 Å². The van der Waals surface area contributed by atoms with Gasteiger partial charge in [0, 0.05) is 24.0 Å². The summed E-state index contributed by atoms with van der Waals surface area (Å²) >= 11 is 0. The standard InChI is InChI=1S/C12H13NO2/c1-2-3-4-7-12(14)15-10-11-6-5-8-13-9-11/h2-9H,10H2,1H3/b3-2+,7-4+. The molecule has 1 aromatic heterocycles. The molecule has 0 atom stereocenters. The van der Waals surface area contributed by atoms with Crippen molar-refractivity contribution in [2.24, 2.45) is 0 Å². The van der Waals surface area contributed by atoms with Gasteiger partial charge in [0.2, 0.25) is 0 Å². The number of carbonyl (C=O) groups is 1. The average molecular weight is 203 g/mol. The molecule has 0 aromatic carbocycles. The van der Waals surface area contributed by atoms with E-state index < -0.39 is 0 Å². The van der Waals surface area contributed by atoms with E-state index in [9.17, 15) is 4.79 Å². The molecule has 0 aliphatic heterocycles. The van der Waals surface area contributed by atoms with Gasteiger partial charge in [-0.25, -0.2) is 4.79 Å². The van der Waals surface area contributed by atoms with E-state index in [1.807, 2.05) is 19.1 Å². The quantitative estimate of drug-likeness (QED) is 0.428. The Balaban J connectivity index is 2.35. The first-order valence-electron chi connectivity index (χ1n) is 4.68. The van der Waals surface area contributed by atoms with Crippen LogP contribution in [-0.2, 0) is 16.1 Å². The van der Waals surface area contributed by atoms with Crippen LogP contribution < -0.4 is 0 Å². The summed E-state index contributed by atoms with van der Waals surface area (Å²) in [6.45, 7) is 2.14. The zero-order valence-electron chi connectivity index (χ0n) is 8.59. The molecule has 0 radical (unpaired) electrons. The molecule has 0 spiro atoms. The smallest absolute Gasteiger partial charge is 0.331 e. The van der Waals surface area contributed by atoms with Crippen LogP contribution in [0.15, 0.2) is 48.8 Å². The van der Waals surface area contributed by atoms with Gasteiger partial charge in [0.05, 0.1) is 0 Å². The van der Waals surface area contributed by atoms with E-state index in [1.54, 1.807) is 30.6 Å². The second kappa shape index (κ2) is 6.54. The maximum atomic E-state index is 11.1. The van der Waals surface area contributed by atoms with Gasteiger partial charge >= 0.3 is 5.97 Å². The van der Waals surface area contributed by atoms with Crippen LogP contribution in [0, 0.1) is 0 Å². The van der Waals surface area contributed by atoms with E-state index in [0.29, 0.717) is 0 Å². The number of pyridine rings is 1. The molecule has 0 saturated carbocycles. The highest BCUT2D eigenvalue weighted by Crippen LogP contribution is 1.98. The number of ether oxygens (including phenoxy) is 1. The molecular weight excluding hydrogens is 190 g/mol. The van der Waals surface area contributed by atoms with E-state index in [1.165, 1.54) is 6.08 Å². The van der Waals surface area contributed by atoms with Crippen LogP contribution in [0.4, 0.5) is 0 Å². The fraction of sp³-hybridized carbons (Fsp3) is 0.167. The molecule has 0 saturated heterocycles. The first-order chi connectivity index (χ1) is 7.33. The molecule has 0 fully saturated rings. The van der Waals surface area contributed by atoms with Gasteiger partial charge in [-0.1, -0.05) is 24.3 Å². The van der Waals surface area contributed by atoms with Gasteiger partial charge in [0.15, 0.2) is 0 Å². The SMILES string of the molecule is C/C=C/C=C/C(=O)OCc1cccnc1. The van der Waals surface area contributed by atoms with Crippen molar-refractivity contribution in [3.8, 4) is 0 Å². The number of aromatic nitrogens is 1. The molecule has 0 unspecified atom stereocenters. The molecule has 0 amide bonds. The van der Waals surface area contributed by atoms with Crippen molar-refractivity contribution in [2.75, 3.05) is 0 Å². The Morgan fingerprint density at radius 1 is 1.53 bits per heavy atom. The van der Waals surface area contributed by atoms with Crippen molar-refractivity contribution in [3.05, 3.63) is 54.4 Å². The molecule has 78 valence electrons. The topological polar surface area (TPSA) is 39.2 Å². The minimum Gasteiger partial charge on any atom is -0.458 e. The molecule has 0 bridgehead atoms. The van der Waals surface area contributed by atoms with Gasteiger partial charge in [-0.3, -0.25) is 4.98 Å². The number of carbonyl (C=O) groups excluding carboxylic acids is 1. The monoisotopic (exact) mass is 203 g/mol. The predicted molar refractivity (Wildman–Crippen MR) is 58.0 cm³/mol. The van der Waals surface area contributed by atoms with E-state index in [0.717, 1.165) is 5.56 Å². The largest absolute Gasteiger partial charge is 0.458 e. The molecule has 0 aliphatic carbocycles. The van der Waals surface area contributed by atoms with Crippen LogP contribution >= 0.6 is 0 Å². The van der Waals surface area contributed by atoms with Crippen LogP contribution in [0.1, 0.15) is 12.5 Å². The second-order valence-electron chi connectivity index (χ2n) is 2.85. The lowest BCUT2D eigenvalue weighted by molar-refractivity contribution is -0.139. The molecule has 3 heteroatoms. The Kier molecular flexibility index (Phi) is 4.87. The van der Waals surface area contributed by atoms with Crippen molar-refractivity contribution >= 4 is 5.97 Å². The zero-order chi connectivity index (χ0) is 10.9. The van der Waals surface area contributed by atoms with Crippen molar-refractivity contribution < 1.29 is 9.53 Å². The molecule has 1 rings (SSSR count). The number of hydrogen-bond donors (Lipinski definition) is 0. The average Bonchev–Trinajstić information content (AvgIpc) is 2.28. The third-order valence-corrected chi connectivity index (χ3v) is 1.64. The highest BCUT2D eigenvalue weighted by atomic mass is 16.5. The fourth-order valence-electron chi connectivity index (χ4n) is 0.931. The number of hydrogen-bond acceptors (Lipinski definition) is 3. The molecule has 1 heterocycles. The summed E-state index contributed by atoms with van der Waals surface area (Å²) in [7, 11) is 0. The summed E-state index contributed by atoms with van der Waals surface area (Å²) in [6.07, 6.45) is 9.98. The molecular formula is C12H13NO2. The number of nitrogens with zero attached hydrogens (tertiary/aromatic N) is 1. The second-order valence-corrected chi connectivity index (χ2v) is 2.85. The minimum absolute atomic E-state index is 0.257. The molecule has 0 N–H and O–H groups in total. The van der Waals surface area contributed by atoms with Crippen molar-refractivity contribution in [1.82, 2.24) is 4.98 Å². The Labute approximate surface area is 89.1 Å². The number of allylic oxidation sites excluding steroid dienone is 3. The first-order valence-corrected chi connectivity index (χ1v) is 4.68. The van der Waals surface area contributed by atoms with Crippen molar-refractivity contribution in [2.45, 2.75) is 13.5 Å². The van der Waals surface area contributed by atoms with E-state index in [-0.39, 0.29) is 12.6 Å². The van der Waals surface area contributed by atoms with Crippen molar-refractivity contribution in [3.63, 3.8) is 0 Å². The van der Waals surface area contributed by atoms with Gasteiger partial charge in [0.1, 0.15) is 6.61 Å². The lowest BCUT2D eigenvalue weighted by Gasteiger charge is -2.00. The summed E-state index contributed by atoms with van der Waals surface area (Å²) in [5.41, 5.74) is 0.880. The van der Waals surface area contributed by atoms with Gasteiger partial charge < -0.3 is 4.74 Å². The Hall–Kier alpha value is -1.90.